The molecule has 0 aliphatic carbocycles. The molecular formula is C2H9ClCuN2. The van der Waals surface area contributed by atoms with E-state index in [9.17, 15) is 0 Å². The molecule has 0 aliphatic heterocycles. The van der Waals surface area contributed by atoms with E-state index in [-0.39, 0.29) is 29.5 Å². The van der Waals surface area contributed by atoms with Crippen molar-refractivity contribution in [1.29, 1.82) is 0 Å². The van der Waals surface area contributed by atoms with Crippen molar-refractivity contribution in [3.63, 3.8) is 0 Å². The fourth-order valence-electron chi connectivity index (χ4n) is 0. The first-order valence-corrected chi connectivity index (χ1v) is 1.32. The predicted octanol–water partition coefficient (Wildman–Crippen LogP) is -0.677. The minimum atomic E-state index is 0. The zero-order valence-electron chi connectivity index (χ0n) is 3.28. The Kier molecular flexibility index (Phi) is 45.5. The summed E-state index contributed by atoms with van der Waals surface area (Å²) >= 11 is 0. The second kappa shape index (κ2) is 17.2. The van der Waals surface area contributed by atoms with Crippen LogP contribution < -0.4 is 11.5 Å². The second-order valence-electron chi connectivity index (χ2n) is 0.577. The minimum absolute atomic E-state index is 0. The molecule has 0 saturated heterocycles. The fraction of sp³-hybridized carbons (Fsp3) is 1.00. The number of rotatable bonds is 1. The predicted molar refractivity (Wildman–Crippen MR) is 25.4 cm³/mol. The molecule has 0 heterocycles. The Labute approximate surface area is 54.5 Å². The van der Waals surface area contributed by atoms with Gasteiger partial charge in [-0.2, -0.15) is 0 Å². The largest absolute Gasteiger partial charge is 0.329 e. The molecule has 0 bridgehead atoms. The zero-order chi connectivity index (χ0) is 3.41. The first-order valence-electron chi connectivity index (χ1n) is 1.32. The molecule has 0 rings (SSSR count). The minimum Gasteiger partial charge on any atom is -0.329 e. The summed E-state index contributed by atoms with van der Waals surface area (Å²) in [6.45, 7) is 1.19. The molecule has 1 radical (unpaired) electrons. The molecule has 0 aliphatic rings. The van der Waals surface area contributed by atoms with Crippen LogP contribution in [0.2, 0.25) is 0 Å². The summed E-state index contributed by atoms with van der Waals surface area (Å²) in [5.74, 6) is 0. The van der Waals surface area contributed by atoms with Crippen molar-refractivity contribution in [3.8, 4) is 0 Å². The van der Waals surface area contributed by atoms with Crippen molar-refractivity contribution in [3.05, 3.63) is 0 Å². The molecule has 0 unspecified atom stereocenters. The van der Waals surface area contributed by atoms with Gasteiger partial charge in [0.05, 0.1) is 0 Å². The van der Waals surface area contributed by atoms with Gasteiger partial charge in [0, 0.05) is 30.2 Å². The summed E-state index contributed by atoms with van der Waals surface area (Å²) in [5, 5.41) is 0. The average molecular weight is 160 g/mol. The summed E-state index contributed by atoms with van der Waals surface area (Å²) < 4.78 is 0. The van der Waals surface area contributed by atoms with Crippen LogP contribution in [0.4, 0.5) is 0 Å². The van der Waals surface area contributed by atoms with Crippen molar-refractivity contribution < 1.29 is 17.1 Å². The zero-order valence-corrected chi connectivity index (χ0v) is 5.04. The third-order valence-electron chi connectivity index (χ3n) is 0.167. The molecule has 6 heavy (non-hydrogen) atoms. The van der Waals surface area contributed by atoms with Gasteiger partial charge in [0.25, 0.3) is 0 Å². The summed E-state index contributed by atoms with van der Waals surface area (Å²) in [7, 11) is 0. The second-order valence-corrected chi connectivity index (χ2v) is 0.577. The van der Waals surface area contributed by atoms with Crippen molar-refractivity contribution >= 4 is 12.4 Å². The van der Waals surface area contributed by atoms with Gasteiger partial charge in [-0.15, -0.1) is 12.4 Å². The van der Waals surface area contributed by atoms with Crippen LogP contribution in [-0.4, -0.2) is 13.1 Å². The molecule has 2 nitrogen and oxygen atoms in total. The monoisotopic (exact) mass is 159 g/mol. The molecular weight excluding hydrogens is 151 g/mol. The molecule has 0 aromatic heterocycles. The van der Waals surface area contributed by atoms with E-state index in [4.69, 9.17) is 11.5 Å². The Morgan fingerprint density at radius 1 is 1.00 bits per heavy atom. The van der Waals surface area contributed by atoms with E-state index in [1.165, 1.54) is 0 Å². The number of hydrogen-bond acceptors (Lipinski definition) is 2. The molecule has 0 fully saturated rings. The molecule has 0 aromatic carbocycles. The van der Waals surface area contributed by atoms with Crippen molar-refractivity contribution in [1.82, 2.24) is 0 Å². The van der Waals surface area contributed by atoms with Gasteiger partial charge in [-0.1, -0.05) is 0 Å². The van der Waals surface area contributed by atoms with Gasteiger partial charge >= 0.3 is 0 Å². The third-order valence-corrected chi connectivity index (χ3v) is 0.167. The maximum Gasteiger partial charge on any atom is 0.00461 e. The van der Waals surface area contributed by atoms with E-state index in [0.29, 0.717) is 13.1 Å². The molecule has 4 heteroatoms. The maximum absolute atomic E-state index is 4.90. The van der Waals surface area contributed by atoms with Crippen LogP contribution in [-0.2, 0) is 17.1 Å². The average Bonchev–Trinajstić information content (AvgIpc) is 1.37. The molecule has 0 spiro atoms. The molecule has 45 valence electrons. The van der Waals surface area contributed by atoms with Gasteiger partial charge in [0.1, 0.15) is 0 Å². The van der Waals surface area contributed by atoms with E-state index in [1.54, 1.807) is 0 Å². The van der Waals surface area contributed by atoms with Crippen molar-refractivity contribution in [2.75, 3.05) is 13.1 Å². The maximum atomic E-state index is 4.90. The van der Waals surface area contributed by atoms with Gasteiger partial charge in [-0.25, -0.2) is 0 Å². The molecule has 4 N–H and O–H groups in total. The Hall–Kier alpha value is 0.729. The van der Waals surface area contributed by atoms with Crippen LogP contribution in [0.1, 0.15) is 0 Å². The van der Waals surface area contributed by atoms with Gasteiger partial charge in [0.15, 0.2) is 0 Å². The SMILES string of the molecule is Cl.NCCN.[Cu]. The summed E-state index contributed by atoms with van der Waals surface area (Å²) in [6, 6.07) is 0. The van der Waals surface area contributed by atoms with E-state index in [0.717, 1.165) is 0 Å². The van der Waals surface area contributed by atoms with Gasteiger partial charge < -0.3 is 11.5 Å². The Morgan fingerprint density at radius 2 is 1.17 bits per heavy atom. The van der Waals surface area contributed by atoms with Crippen LogP contribution >= 0.6 is 12.4 Å². The molecule has 0 amide bonds. The van der Waals surface area contributed by atoms with Gasteiger partial charge in [0.2, 0.25) is 0 Å². The number of nitrogens with two attached hydrogens (primary N) is 2. The number of hydrogen-bond donors (Lipinski definition) is 2. The van der Waals surface area contributed by atoms with Crippen molar-refractivity contribution in [2.24, 2.45) is 11.5 Å². The number of halogens is 1. The fourth-order valence-corrected chi connectivity index (χ4v) is 0. The topological polar surface area (TPSA) is 52.0 Å². The Morgan fingerprint density at radius 3 is 1.17 bits per heavy atom. The van der Waals surface area contributed by atoms with Crippen LogP contribution in [0.3, 0.4) is 0 Å². The van der Waals surface area contributed by atoms with Crippen LogP contribution in [0.5, 0.6) is 0 Å². The quantitative estimate of drug-likeness (QED) is 0.499. The molecule has 0 atom stereocenters. The normalized spacial score (nSPS) is 5.00. The van der Waals surface area contributed by atoms with E-state index in [1.807, 2.05) is 0 Å². The summed E-state index contributed by atoms with van der Waals surface area (Å²) in [5.41, 5.74) is 9.81. The Bertz CT molecular complexity index is 13.5. The third kappa shape index (κ3) is 22.0. The summed E-state index contributed by atoms with van der Waals surface area (Å²) in [4.78, 5) is 0. The van der Waals surface area contributed by atoms with E-state index < -0.39 is 0 Å². The standard InChI is InChI=1S/C2H8N2.ClH.Cu/c3-1-2-4;;/h1-4H2;1H;. The van der Waals surface area contributed by atoms with Gasteiger partial charge in [-0.3, -0.25) is 0 Å². The van der Waals surface area contributed by atoms with Crippen LogP contribution in [0.15, 0.2) is 0 Å². The van der Waals surface area contributed by atoms with Gasteiger partial charge in [-0.05, 0) is 0 Å². The van der Waals surface area contributed by atoms with Crippen molar-refractivity contribution in [2.45, 2.75) is 0 Å². The first-order chi connectivity index (χ1) is 1.91. The summed E-state index contributed by atoms with van der Waals surface area (Å²) in [6.07, 6.45) is 0. The Balaban J connectivity index is -0.0000000450. The first kappa shape index (κ1) is 15.9. The smallest absolute Gasteiger partial charge is 0.00461 e. The van der Waals surface area contributed by atoms with E-state index in [2.05, 4.69) is 0 Å². The van der Waals surface area contributed by atoms with Crippen LogP contribution in [0, 0.1) is 0 Å². The molecule has 0 saturated carbocycles. The van der Waals surface area contributed by atoms with Crippen LogP contribution in [0.25, 0.3) is 0 Å². The van der Waals surface area contributed by atoms with E-state index >= 15 is 0 Å². The molecule has 0 aromatic rings.